The Morgan fingerprint density at radius 1 is 1.31 bits per heavy atom. The first-order valence-electron chi connectivity index (χ1n) is 9.02. The molecule has 0 unspecified atom stereocenters. The molecule has 2 aromatic heterocycles. The predicted octanol–water partition coefficient (Wildman–Crippen LogP) is 3.05. The predicted molar refractivity (Wildman–Crippen MR) is 93.2 cm³/mol. The third-order valence-electron chi connectivity index (χ3n) is 4.27. The Morgan fingerprint density at radius 3 is 2.81 bits per heavy atom. The van der Waals surface area contributed by atoms with E-state index in [1.807, 2.05) is 12.1 Å². The Balaban J connectivity index is 1.40. The van der Waals surface area contributed by atoms with Crippen LogP contribution in [0.2, 0.25) is 0 Å². The van der Waals surface area contributed by atoms with Gasteiger partial charge in [-0.15, -0.1) is 0 Å². The van der Waals surface area contributed by atoms with Crippen molar-refractivity contribution in [2.45, 2.75) is 45.3 Å². The molecule has 1 saturated heterocycles. The molecule has 0 aromatic carbocycles. The summed E-state index contributed by atoms with van der Waals surface area (Å²) in [5.74, 6) is 0.967. The van der Waals surface area contributed by atoms with Crippen LogP contribution in [0.4, 0.5) is 4.79 Å². The monoisotopic (exact) mass is 360 g/mol. The molecule has 0 aliphatic carbocycles. The molecule has 0 saturated carbocycles. The fraction of sp³-hybridized carbons (Fsp3) is 0.556. The van der Waals surface area contributed by atoms with E-state index in [1.165, 1.54) is 0 Å². The fourth-order valence-electron chi connectivity index (χ4n) is 2.72. The molecule has 1 aliphatic rings. The number of unbranched alkanes of at least 4 members (excludes halogenated alkanes) is 1. The molecule has 3 rings (SSSR count). The Hall–Kier alpha value is -2.48. The van der Waals surface area contributed by atoms with Gasteiger partial charge in [0.15, 0.2) is 0 Å². The van der Waals surface area contributed by atoms with Crippen LogP contribution in [0.3, 0.4) is 0 Å². The molecule has 3 heterocycles. The van der Waals surface area contributed by atoms with Gasteiger partial charge in [0.05, 0.1) is 12.7 Å². The summed E-state index contributed by atoms with van der Waals surface area (Å²) in [7, 11) is 0. The van der Waals surface area contributed by atoms with E-state index >= 15 is 0 Å². The second kappa shape index (κ2) is 9.28. The second-order valence-corrected chi connectivity index (χ2v) is 6.21. The maximum atomic E-state index is 11.9. The highest BCUT2D eigenvalue weighted by Gasteiger charge is 2.24. The second-order valence-electron chi connectivity index (χ2n) is 6.21. The molecule has 26 heavy (non-hydrogen) atoms. The first-order valence-corrected chi connectivity index (χ1v) is 9.02. The zero-order valence-corrected chi connectivity index (χ0v) is 15.0. The molecule has 0 atom stereocenters. The minimum atomic E-state index is -0.226. The highest BCUT2D eigenvalue weighted by Crippen LogP contribution is 2.18. The van der Waals surface area contributed by atoms with Gasteiger partial charge < -0.3 is 18.9 Å². The quantitative estimate of drug-likeness (QED) is 0.701. The van der Waals surface area contributed by atoms with Crippen LogP contribution >= 0.6 is 0 Å². The van der Waals surface area contributed by atoms with Crippen LogP contribution in [-0.2, 0) is 16.1 Å². The molecule has 140 valence electrons. The smallest absolute Gasteiger partial charge is 0.409 e. The van der Waals surface area contributed by atoms with Gasteiger partial charge in [-0.2, -0.15) is 4.98 Å². The Labute approximate surface area is 152 Å². The van der Waals surface area contributed by atoms with Crippen molar-refractivity contribution in [3.8, 4) is 11.4 Å². The van der Waals surface area contributed by atoms with Crippen LogP contribution < -0.4 is 0 Å². The number of ether oxygens (including phenoxy) is 2. The molecule has 0 N–H and O–H groups in total. The van der Waals surface area contributed by atoms with Gasteiger partial charge >= 0.3 is 6.09 Å². The first kappa shape index (κ1) is 18.3. The van der Waals surface area contributed by atoms with E-state index in [4.69, 9.17) is 14.0 Å². The minimum absolute atomic E-state index is 0.0750. The average molecular weight is 360 g/mol. The van der Waals surface area contributed by atoms with Gasteiger partial charge in [-0.25, -0.2) is 4.79 Å². The lowest BCUT2D eigenvalue weighted by Gasteiger charge is -2.30. The molecule has 0 bridgehead atoms. The molecular weight excluding hydrogens is 336 g/mol. The van der Waals surface area contributed by atoms with E-state index in [2.05, 4.69) is 22.0 Å². The van der Waals surface area contributed by atoms with Crippen LogP contribution in [0.15, 0.2) is 29.0 Å². The van der Waals surface area contributed by atoms with Crippen LogP contribution in [0.25, 0.3) is 11.4 Å². The van der Waals surface area contributed by atoms with Gasteiger partial charge in [0.1, 0.15) is 6.61 Å². The maximum Gasteiger partial charge on any atom is 0.409 e. The van der Waals surface area contributed by atoms with Crippen molar-refractivity contribution in [3.63, 3.8) is 0 Å². The molecule has 8 nitrogen and oxygen atoms in total. The Morgan fingerprint density at radius 2 is 2.08 bits per heavy atom. The Kier molecular flexibility index (Phi) is 6.54. The standard InChI is InChI=1S/C18H24N4O4/c1-2-3-12-24-18(23)22-10-6-15(7-11-22)25-13-16-20-17(21-26-16)14-4-8-19-9-5-14/h4-5,8-9,15H,2-3,6-7,10-13H2,1H3. The number of aromatic nitrogens is 3. The Bertz CT molecular complexity index is 684. The van der Waals surface area contributed by atoms with Crippen LogP contribution in [0, 0.1) is 0 Å². The van der Waals surface area contributed by atoms with E-state index < -0.39 is 0 Å². The largest absolute Gasteiger partial charge is 0.449 e. The minimum Gasteiger partial charge on any atom is -0.449 e. The molecule has 2 aromatic rings. The van der Waals surface area contributed by atoms with E-state index in [-0.39, 0.29) is 18.8 Å². The van der Waals surface area contributed by atoms with E-state index in [1.54, 1.807) is 17.3 Å². The SMILES string of the molecule is CCCCOC(=O)N1CCC(OCc2nc(-c3ccncc3)no2)CC1. The average Bonchev–Trinajstić information content (AvgIpc) is 3.17. The lowest BCUT2D eigenvalue weighted by molar-refractivity contribution is -0.0124. The van der Waals surface area contributed by atoms with Crippen molar-refractivity contribution in [1.29, 1.82) is 0 Å². The van der Waals surface area contributed by atoms with Gasteiger partial charge in [-0.1, -0.05) is 18.5 Å². The number of piperidine rings is 1. The number of carbonyl (C=O) groups excluding carboxylic acids is 1. The summed E-state index contributed by atoms with van der Waals surface area (Å²) in [5, 5.41) is 3.96. The van der Waals surface area contributed by atoms with Crippen molar-refractivity contribution in [1.82, 2.24) is 20.0 Å². The summed E-state index contributed by atoms with van der Waals surface area (Å²) >= 11 is 0. The third kappa shape index (κ3) is 5.01. The molecule has 1 amide bonds. The van der Waals surface area contributed by atoms with E-state index in [9.17, 15) is 4.79 Å². The highest BCUT2D eigenvalue weighted by molar-refractivity contribution is 5.67. The lowest BCUT2D eigenvalue weighted by atomic mass is 10.1. The van der Waals surface area contributed by atoms with E-state index in [0.29, 0.717) is 31.4 Å². The summed E-state index contributed by atoms with van der Waals surface area (Å²) in [6, 6.07) is 3.65. The van der Waals surface area contributed by atoms with Crippen LogP contribution in [0.1, 0.15) is 38.5 Å². The van der Waals surface area contributed by atoms with Gasteiger partial charge in [-0.05, 0) is 31.4 Å². The normalized spacial score (nSPS) is 15.2. The first-order chi connectivity index (χ1) is 12.8. The summed E-state index contributed by atoms with van der Waals surface area (Å²) in [6.07, 6.45) is 6.68. The molecule has 0 spiro atoms. The molecule has 1 aliphatic heterocycles. The zero-order chi connectivity index (χ0) is 18.2. The van der Waals surface area contributed by atoms with Gasteiger partial charge in [-0.3, -0.25) is 4.98 Å². The number of likely N-dealkylation sites (tertiary alicyclic amines) is 1. The topological polar surface area (TPSA) is 90.6 Å². The molecule has 8 heteroatoms. The maximum absolute atomic E-state index is 11.9. The zero-order valence-electron chi connectivity index (χ0n) is 15.0. The molecule has 1 fully saturated rings. The van der Waals surface area contributed by atoms with Crippen LogP contribution in [0.5, 0.6) is 0 Å². The number of carbonyl (C=O) groups is 1. The van der Waals surface area contributed by atoms with Crippen molar-refractivity contribution in [2.24, 2.45) is 0 Å². The van der Waals surface area contributed by atoms with Gasteiger partial charge in [0.2, 0.25) is 5.82 Å². The van der Waals surface area contributed by atoms with Crippen molar-refractivity contribution >= 4 is 6.09 Å². The lowest BCUT2D eigenvalue weighted by Crippen LogP contribution is -2.41. The number of hydrogen-bond acceptors (Lipinski definition) is 7. The summed E-state index contributed by atoms with van der Waals surface area (Å²) in [5.41, 5.74) is 0.852. The number of hydrogen-bond donors (Lipinski definition) is 0. The van der Waals surface area contributed by atoms with Gasteiger partial charge in [0.25, 0.3) is 5.89 Å². The number of nitrogens with zero attached hydrogens (tertiary/aromatic N) is 4. The number of amides is 1. The summed E-state index contributed by atoms with van der Waals surface area (Å²) < 4.78 is 16.3. The van der Waals surface area contributed by atoms with Crippen molar-refractivity contribution in [3.05, 3.63) is 30.4 Å². The molecular formula is C18H24N4O4. The third-order valence-corrected chi connectivity index (χ3v) is 4.27. The van der Waals surface area contributed by atoms with Gasteiger partial charge in [0, 0.05) is 31.0 Å². The van der Waals surface area contributed by atoms with Crippen molar-refractivity contribution < 1.29 is 18.8 Å². The summed E-state index contributed by atoms with van der Waals surface area (Å²) in [6.45, 7) is 4.11. The number of pyridine rings is 1. The molecule has 0 radical (unpaired) electrons. The fourth-order valence-corrected chi connectivity index (χ4v) is 2.72. The highest BCUT2D eigenvalue weighted by atomic mass is 16.6. The van der Waals surface area contributed by atoms with Crippen LogP contribution in [-0.4, -0.2) is 51.9 Å². The van der Waals surface area contributed by atoms with Crippen molar-refractivity contribution in [2.75, 3.05) is 19.7 Å². The summed E-state index contributed by atoms with van der Waals surface area (Å²) in [4.78, 5) is 22.0. The van der Waals surface area contributed by atoms with E-state index in [0.717, 1.165) is 31.2 Å². The number of rotatable bonds is 7.